The van der Waals surface area contributed by atoms with Gasteiger partial charge in [0.1, 0.15) is 5.75 Å². The van der Waals surface area contributed by atoms with E-state index >= 15 is 0 Å². The van der Waals surface area contributed by atoms with Crippen LogP contribution in [0.2, 0.25) is 0 Å². The molecule has 1 atom stereocenters. The number of nitrogens with one attached hydrogen (secondary N) is 2. The van der Waals surface area contributed by atoms with Gasteiger partial charge in [-0.05, 0) is 31.5 Å². The van der Waals surface area contributed by atoms with Crippen molar-refractivity contribution in [3.05, 3.63) is 22.7 Å². The molecule has 7 heteroatoms. The lowest BCUT2D eigenvalue weighted by Gasteiger charge is -2.23. The predicted octanol–water partition coefficient (Wildman–Crippen LogP) is 1.95. The summed E-state index contributed by atoms with van der Waals surface area (Å²) in [6.07, 6.45) is 1.57. The van der Waals surface area contributed by atoms with Crippen molar-refractivity contribution in [2.24, 2.45) is 0 Å². The molecule has 1 fully saturated rings. The van der Waals surface area contributed by atoms with E-state index in [0.717, 1.165) is 17.4 Å². The molecule has 0 aliphatic carbocycles. The third-order valence-electron chi connectivity index (χ3n) is 3.06. The Kier molecular flexibility index (Phi) is 4.70. The fourth-order valence-corrected chi connectivity index (χ4v) is 3.97. The van der Waals surface area contributed by atoms with Crippen LogP contribution >= 0.6 is 15.9 Å². The Hall–Kier alpha value is -0.790. The maximum Gasteiger partial charge on any atom is 0.236 e. The van der Waals surface area contributed by atoms with Crippen molar-refractivity contribution in [2.75, 3.05) is 24.9 Å². The van der Waals surface area contributed by atoms with Crippen LogP contribution in [0.4, 0.5) is 5.69 Å². The van der Waals surface area contributed by atoms with Crippen molar-refractivity contribution in [2.45, 2.75) is 18.1 Å². The molecule has 1 unspecified atom stereocenters. The van der Waals surface area contributed by atoms with Gasteiger partial charge in [-0.1, -0.05) is 15.9 Å². The second-order valence-electron chi connectivity index (χ2n) is 4.50. The average molecular weight is 349 g/mol. The maximum atomic E-state index is 12.3. The summed E-state index contributed by atoms with van der Waals surface area (Å²) in [5, 5.41) is 2.72. The number of benzene rings is 1. The summed E-state index contributed by atoms with van der Waals surface area (Å²) in [6, 6.07) is 5.16. The third-order valence-corrected chi connectivity index (χ3v) is 5.32. The number of ether oxygens (including phenoxy) is 1. The standard InChI is InChI=1S/C12H17BrN2O3S/c1-18-11-6-9(13)5-10(7-11)15-19(16,17)12-3-2-4-14-8-12/h5-7,12,14-15H,2-4,8H2,1H3. The van der Waals surface area contributed by atoms with Crippen LogP contribution in [0.3, 0.4) is 0 Å². The van der Waals surface area contributed by atoms with E-state index in [-0.39, 0.29) is 5.25 Å². The number of sulfonamides is 1. The van der Waals surface area contributed by atoms with Gasteiger partial charge < -0.3 is 10.1 Å². The number of rotatable bonds is 4. The van der Waals surface area contributed by atoms with Gasteiger partial charge in [-0.2, -0.15) is 0 Å². The molecule has 0 spiro atoms. The van der Waals surface area contributed by atoms with Gasteiger partial charge in [-0.25, -0.2) is 8.42 Å². The first-order valence-electron chi connectivity index (χ1n) is 6.08. The highest BCUT2D eigenvalue weighted by Gasteiger charge is 2.27. The molecule has 2 rings (SSSR count). The monoisotopic (exact) mass is 348 g/mol. The van der Waals surface area contributed by atoms with E-state index in [1.54, 1.807) is 25.3 Å². The fraction of sp³-hybridized carbons (Fsp3) is 0.500. The Morgan fingerprint density at radius 1 is 1.42 bits per heavy atom. The second kappa shape index (κ2) is 6.11. The molecule has 1 aliphatic rings. The lowest BCUT2D eigenvalue weighted by atomic mass is 10.2. The Bertz CT molecular complexity index is 542. The summed E-state index contributed by atoms with van der Waals surface area (Å²) < 4.78 is 33.0. The number of methoxy groups -OCH3 is 1. The molecule has 0 aromatic heterocycles. The SMILES string of the molecule is COc1cc(Br)cc(NS(=O)(=O)C2CCCNC2)c1. The lowest BCUT2D eigenvalue weighted by Crippen LogP contribution is -2.41. The fourth-order valence-electron chi connectivity index (χ4n) is 2.07. The van der Waals surface area contributed by atoms with E-state index in [1.807, 2.05) is 0 Å². The van der Waals surface area contributed by atoms with Gasteiger partial charge >= 0.3 is 0 Å². The highest BCUT2D eigenvalue weighted by Crippen LogP contribution is 2.26. The molecule has 0 amide bonds. The summed E-state index contributed by atoms with van der Waals surface area (Å²) in [5.41, 5.74) is 0.511. The van der Waals surface area contributed by atoms with Gasteiger partial charge in [-0.3, -0.25) is 4.72 Å². The van der Waals surface area contributed by atoms with Gasteiger partial charge in [0, 0.05) is 17.1 Å². The smallest absolute Gasteiger partial charge is 0.236 e. The van der Waals surface area contributed by atoms with Crippen molar-refractivity contribution in [1.82, 2.24) is 5.32 Å². The Morgan fingerprint density at radius 2 is 2.21 bits per heavy atom. The van der Waals surface area contributed by atoms with Crippen molar-refractivity contribution in [3.63, 3.8) is 0 Å². The first kappa shape index (κ1) is 14.6. The van der Waals surface area contributed by atoms with Crippen LogP contribution in [0.25, 0.3) is 0 Å². The Labute approximate surface area is 121 Å². The molecule has 1 heterocycles. The molecule has 2 N–H and O–H groups in total. The summed E-state index contributed by atoms with van der Waals surface area (Å²) >= 11 is 3.33. The number of piperidine rings is 1. The van der Waals surface area contributed by atoms with E-state index in [1.165, 1.54) is 0 Å². The van der Waals surface area contributed by atoms with Crippen molar-refractivity contribution < 1.29 is 13.2 Å². The second-order valence-corrected chi connectivity index (χ2v) is 7.37. The molecule has 19 heavy (non-hydrogen) atoms. The van der Waals surface area contributed by atoms with Crippen LogP contribution in [0.1, 0.15) is 12.8 Å². The van der Waals surface area contributed by atoms with Crippen molar-refractivity contribution >= 4 is 31.6 Å². The Balaban J connectivity index is 2.17. The minimum Gasteiger partial charge on any atom is -0.497 e. The Morgan fingerprint density at radius 3 is 2.84 bits per heavy atom. The molecule has 1 saturated heterocycles. The van der Waals surface area contributed by atoms with Crippen LogP contribution in [0.5, 0.6) is 5.75 Å². The van der Waals surface area contributed by atoms with Crippen LogP contribution in [-0.4, -0.2) is 33.9 Å². The van der Waals surface area contributed by atoms with Crippen LogP contribution in [0, 0.1) is 0 Å². The van der Waals surface area contributed by atoms with Crippen molar-refractivity contribution in [1.29, 1.82) is 0 Å². The molecule has 1 aromatic rings. The molecule has 1 aromatic carbocycles. The third kappa shape index (κ3) is 3.84. The number of anilines is 1. The first-order chi connectivity index (χ1) is 9.01. The predicted molar refractivity (Wildman–Crippen MR) is 79.1 cm³/mol. The highest BCUT2D eigenvalue weighted by molar-refractivity contribution is 9.10. The quantitative estimate of drug-likeness (QED) is 0.872. The van der Waals surface area contributed by atoms with Gasteiger partial charge in [0.05, 0.1) is 18.0 Å². The molecule has 106 valence electrons. The molecule has 1 aliphatic heterocycles. The summed E-state index contributed by atoms with van der Waals surface area (Å²) in [6.45, 7) is 1.39. The van der Waals surface area contributed by atoms with E-state index < -0.39 is 10.0 Å². The maximum absolute atomic E-state index is 12.3. The first-order valence-corrected chi connectivity index (χ1v) is 8.42. The van der Waals surface area contributed by atoms with Gasteiger partial charge in [0.15, 0.2) is 0 Å². The zero-order valence-electron chi connectivity index (χ0n) is 10.6. The van der Waals surface area contributed by atoms with Crippen LogP contribution in [-0.2, 0) is 10.0 Å². The number of halogens is 1. The normalized spacial score (nSPS) is 20.0. The van der Waals surface area contributed by atoms with E-state index in [2.05, 4.69) is 26.0 Å². The van der Waals surface area contributed by atoms with Crippen LogP contribution in [0.15, 0.2) is 22.7 Å². The number of hydrogen-bond acceptors (Lipinski definition) is 4. The topological polar surface area (TPSA) is 67.4 Å². The summed E-state index contributed by atoms with van der Waals surface area (Å²) in [5.74, 6) is 0.605. The molecular weight excluding hydrogens is 332 g/mol. The molecule has 0 radical (unpaired) electrons. The van der Waals surface area contributed by atoms with E-state index in [4.69, 9.17) is 4.74 Å². The summed E-state index contributed by atoms with van der Waals surface area (Å²) in [4.78, 5) is 0. The van der Waals surface area contributed by atoms with Gasteiger partial charge in [0.2, 0.25) is 10.0 Å². The van der Waals surface area contributed by atoms with E-state index in [0.29, 0.717) is 24.4 Å². The molecule has 0 saturated carbocycles. The van der Waals surface area contributed by atoms with Gasteiger partial charge in [0.25, 0.3) is 0 Å². The largest absolute Gasteiger partial charge is 0.497 e. The van der Waals surface area contributed by atoms with Crippen molar-refractivity contribution in [3.8, 4) is 5.75 Å². The molecule has 5 nitrogen and oxygen atoms in total. The molecular formula is C12H17BrN2O3S. The summed E-state index contributed by atoms with van der Waals surface area (Å²) in [7, 11) is -1.82. The average Bonchev–Trinajstić information content (AvgIpc) is 2.38. The highest BCUT2D eigenvalue weighted by atomic mass is 79.9. The minimum absolute atomic E-state index is 0.383. The minimum atomic E-state index is -3.37. The zero-order valence-corrected chi connectivity index (χ0v) is 13.1. The van der Waals surface area contributed by atoms with Crippen LogP contribution < -0.4 is 14.8 Å². The zero-order chi connectivity index (χ0) is 13.9. The lowest BCUT2D eigenvalue weighted by molar-refractivity contribution is 0.415. The number of hydrogen-bond donors (Lipinski definition) is 2. The van der Waals surface area contributed by atoms with E-state index in [9.17, 15) is 8.42 Å². The van der Waals surface area contributed by atoms with Gasteiger partial charge in [-0.15, -0.1) is 0 Å². The molecule has 0 bridgehead atoms.